The lowest BCUT2D eigenvalue weighted by Crippen LogP contribution is -2.16. The summed E-state index contributed by atoms with van der Waals surface area (Å²) >= 11 is 0. The predicted octanol–water partition coefficient (Wildman–Crippen LogP) is 3.48. The highest BCUT2D eigenvalue weighted by Crippen LogP contribution is 2.29. The minimum absolute atomic E-state index is 0.0219. The molecule has 2 atom stereocenters. The average Bonchev–Trinajstić information content (AvgIpc) is 2.38. The summed E-state index contributed by atoms with van der Waals surface area (Å²) in [5.74, 6) is -1.12. The van der Waals surface area contributed by atoms with Gasteiger partial charge in [0.15, 0.2) is 0 Å². The topological polar surface area (TPSA) is 63.3 Å². The van der Waals surface area contributed by atoms with E-state index in [4.69, 9.17) is 10.8 Å². The van der Waals surface area contributed by atoms with E-state index in [-0.39, 0.29) is 24.2 Å². The summed E-state index contributed by atoms with van der Waals surface area (Å²) in [6.45, 7) is 1.86. The van der Waals surface area contributed by atoms with Gasteiger partial charge in [-0.25, -0.2) is 4.39 Å². The van der Waals surface area contributed by atoms with Crippen molar-refractivity contribution in [1.29, 1.82) is 0 Å². The van der Waals surface area contributed by atoms with E-state index in [2.05, 4.69) is 0 Å². The van der Waals surface area contributed by atoms with E-state index < -0.39 is 5.97 Å². The van der Waals surface area contributed by atoms with Crippen LogP contribution in [-0.2, 0) is 4.79 Å². The number of carbonyl (C=O) groups is 1. The summed E-state index contributed by atoms with van der Waals surface area (Å²) in [5.41, 5.74) is 7.03. The lowest BCUT2D eigenvalue weighted by atomic mass is 9.91. The number of halogens is 1. The second kappa shape index (κ2) is 6.01. The molecule has 3 nitrogen and oxygen atoms in total. The number of carboxylic acids is 1. The number of nitrogens with two attached hydrogens (primary N) is 1. The Hall–Kier alpha value is -1.94. The highest BCUT2D eigenvalue weighted by atomic mass is 19.1. The summed E-state index contributed by atoms with van der Waals surface area (Å²) in [5, 5.41) is 10.1. The molecular weight excluding hydrogens is 257 g/mol. The minimum Gasteiger partial charge on any atom is -0.481 e. The molecule has 2 aromatic rings. The van der Waals surface area contributed by atoms with Crippen LogP contribution in [0.2, 0.25) is 0 Å². The van der Waals surface area contributed by atoms with Crippen molar-refractivity contribution >= 4 is 16.7 Å². The van der Waals surface area contributed by atoms with Crippen molar-refractivity contribution in [1.82, 2.24) is 0 Å². The Labute approximate surface area is 117 Å². The molecule has 2 rings (SSSR count). The van der Waals surface area contributed by atoms with Crippen molar-refractivity contribution in [2.75, 3.05) is 0 Å². The highest BCUT2D eigenvalue weighted by molar-refractivity contribution is 5.86. The van der Waals surface area contributed by atoms with Gasteiger partial charge in [-0.05, 0) is 29.4 Å². The molecule has 0 heterocycles. The van der Waals surface area contributed by atoms with Crippen molar-refractivity contribution in [3.8, 4) is 0 Å². The molecule has 106 valence electrons. The molecule has 0 aliphatic rings. The lowest BCUT2D eigenvalue weighted by Gasteiger charge is -2.18. The normalized spacial score (nSPS) is 14.2. The van der Waals surface area contributed by atoms with Crippen molar-refractivity contribution < 1.29 is 14.3 Å². The molecule has 0 aliphatic carbocycles. The van der Waals surface area contributed by atoms with Crippen LogP contribution in [0.1, 0.15) is 31.4 Å². The second-order valence-electron chi connectivity index (χ2n) is 5.23. The fraction of sp³-hybridized carbons (Fsp3) is 0.312. The first kappa shape index (κ1) is 14.5. The molecule has 0 radical (unpaired) electrons. The Morgan fingerprint density at radius 3 is 2.55 bits per heavy atom. The molecule has 0 saturated heterocycles. The number of hydrogen-bond acceptors (Lipinski definition) is 2. The number of carboxylic acid groups (broad SMARTS) is 1. The van der Waals surface area contributed by atoms with Crippen molar-refractivity contribution in [2.24, 2.45) is 11.7 Å². The van der Waals surface area contributed by atoms with E-state index in [1.807, 2.05) is 19.1 Å². The Bertz CT molecular complexity index is 627. The molecule has 3 N–H and O–H groups in total. The van der Waals surface area contributed by atoms with E-state index in [0.717, 1.165) is 10.9 Å². The van der Waals surface area contributed by atoms with Gasteiger partial charge in [0.25, 0.3) is 0 Å². The van der Waals surface area contributed by atoms with Gasteiger partial charge in [-0.1, -0.05) is 37.3 Å². The van der Waals surface area contributed by atoms with Gasteiger partial charge < -0.3 is 10.8 Å². The molecule has 0 aromatic heterocycles. The first-order valence-electron chi connectivity index (χ1n) is 6.63. The third-order valence-corrected chi connectivity index (χ3v) is 3.48. The number of hydrogen-bond donors (Lipinski definition) is 2. The van der Waals surface area contributed by atoms with Gasteiger partial charge in [0.1, 0.15) is 5.82 Å². The van der Waals surface area contributed by atoms with Crippen LogP contribution < -0.4 is 5.73 Å². The maximum absolute atomic E-state index is 13.7. The monoisotopic (exact) mass is 275 g/mol. The van der Waals surface area contributed by atoms with Gasteiger partial charge >= 0.3 is 5.97 Å². The first-order valence-corrected chi connectivity index (χ1v) is 6.63. The maximum atomic E-state index is 13.7. The molecule has 2 aromatic carbocycles. The Kier molecular flexibility index (Phi) is 4.35. The molecule has 0 aliphatic heterocycles. The Morgan fingerprint density at radius 2 is 1.90 bits per heavy atom. The molecule has 0 spiro atoms. The van der Waals surface area contributed by atoms with Crippen LogP contribution in [0.4, 0.5) is 4.39 Å². The molecule has 20 heavy (non-hydrogen) atoms. The first-order chi connectivity index (χ1) is 9.49. The molecular formula is C16H18FNO2. The summed E-state index contributed by atoms with van der Waals surface area (Å²) < 4.78 is 13.7. The standard InChI is InChI=1S/C16H18FNO2/c1-10(9-16(19)20)8-15(18)13-6-7-14(17)12-5-3-2-4-11(12)13/h2-7,10,15H,8-9,18H2,1H3,(H,19,20). The maximum Gasteiger partial charge on any atom is 0.303 e. The van der Waals surface area contributed by atoms with Crippen molar-refractivity contribution in [3.05, 3.63) is 47.8 Å². The molecule has 0 bridgehead atoms. The van der Waals surface area contributed by atoms with Crippen LogP contribution in [0, 0.1) is 11.7 Å². The number of benzene rings is 2. The zero-order valence-electron chi connectivity index (χ0n) is 11.3. The van der Waals surface area contributed by atoms with Crippen LogP contribution in [0.25, 0.3) is 10.8 Å². The van der Waals surface area contributed by atoms with E-state index in [0.29, 0.717) is 11.8 Å². The van der Waals surface area contributed by atoms with Crippen LogP contribution in [0.5, 0.6) is 0 Å². The highest BCUT2D eigenvalue weighted by Gasteiger charge is 2.16. The minimum atomic E-state index is -0.825. The Morgan fingerprint density at radius 1 is 1.25 bits per heavy atom. The molecule has 0 saturated carbocycles. The summed E-state index contributed by atoms with van der Waals surface area (Å²) in [7, 11) is 0. The zero-order valence-corrected chi connectivity index (χ0v) is 11.3. The van der Waals surface area contributed by atoms with Gasteiger partial charge in [-0.2, -0.15) is 0 Å². The molecule has 4 heteroatoms. The summed E-state index contributed by atoms with van der Waals surface area (Å²) in [6, 6.07) is 10.0. The summed E-state index contributed by atoms with van der Waals surface area (Å²) in [6.07, 6.45) is 0.648. The smallest absolute Gasteiger partial charge is 0.303 e. The van der Waals surface area contributed by atoms with E-state index in [1.165, 1.54) is 6.07 Å². The third-order valence-electron chi connectivity index (χ3n) is 3.48. The van der Waals surface area contributed by atoms with Gasteiger partial charge in [0.2, 0.25) is 0 Å². The molecule has 0 amide bonds. The van der Waals surface area contributed by atoms with E-state index >= 15 is 0 Å². The number of rotatable bonds is 5. The fourth-order valence-electron chi connectivity index (χ4n) is 2.55. The van der Waals surface area contributed by atoms with Gasteiger partial charge in [-0.15, -0.1) is 0 Å². The summed E-state index contributed by atoms with van der Waals surface area (Å²) in [4.78, 5) is 10.7. The molecule has 2 unspecified atom stereocenters. The third kappa shape index (κ3) is 3.14. The average molecular weight is 275 g/mol. The van der Waals surface area contributed by atoms with Crippen LogP contribution in [-0.4, -0.2) is 11.1 Å². The van der Waals surface area contributed by atoms with Gasteiger partial charge in [-0.3, -0.25) is 4.79 Å². The second-order valence-corrected chi connectivity index (χ2v) is 5.23. The van der Waals surface area contributed by atoms with E-state index in [9.17, 15) is 9.18 Å². The largest absolute Gasteiger partial charge is 0.481 e. The number of aliphatic carboxylic acids is 1. The van der Waals surface area contributed by atoms with Crippen LogP contribution >= 0.6 is 0 Å². The quantitative estimate of drug-likeness (QED) is 0.878. The van der Waals surface area contributed by atoms with Crippen molar-refractivity contribution in [2.45, 2.75) is 25.8 Å². The van der Waals surface area contributed by atoms with Crippen molar-refractivity contribution in [3.63, 3.8) is 0 Å². The van der Waals surface area contributed by atoms with Crippen LogP contribution in [0.3, 0.4) is 0 Å². The fourth-order valence-corrected chi connectivity index (χ4v) is 2.55. The zero-order chi connectivity index (χ0) is 14.7. The van der Waals surface area contributed by atoms with E-state index in [1.54, 1.807) is 18.2 Å². The lowest BCUT2D eigenvalue weighted by molar-refractivity contribution is -0.138. The molecule has 0 fully saturated rings. The van der Waals surface area contributed by atoms with Crippen LogP contribution in [0.15, 0.2) is 36.4 Å². The Balaban J connectivity index is 2.28. The number of fused-ring (bicyclic) bond motifs is 1. The van der Waals surface area contributed by atoms with Gasteiger partial charge in [0, 0.05) is 17.8 Å². The SMILES string of the molecule is CC(CC(=O)O)CC(N)c1ccc(F)c2ccccc12. The van der Waals surface area contributed by atoms with Gasteiger partial charge in [0.05, 0.1) is 0 Å². The predicted molar refractivity (Wildman–Crippen MR) is 76.9 cm³/mol.